The van der Waals surface area contributed by atoms with Crippen LogP contribution in [0.2, 0.25) is 0 Å². The minimum Gasteiger partial charge on any atom is -0.482 e. The van der Waals surface area contributed by atoms with Gasteiger partial charge in [0.05, 0.1) is 0 Å². The van der Waals surface area contributed by atoms with Gasteiger partial charge in [0.2, 0.25) is 0 Å². The Morgan fingerprint density at radius 2 is 2.00 bits per heavy atom. The summed E-state index contributed by atoms with van der Waals surface area (Å²) in [5.41, 5.74) is 1.09. The summed E-state index contributed by atoms with van der Waals surface area (Å²) in [6, 6.07) is 7.24. The molecular weight excluding hydrogens is 222 g/mol. The van der Waals surface area contributed by atoms with Gasteiger partial charge in [-0.2, -0.15) is 0 Å². The van der Waals surface area contributed by atoms with E-state index < -0.39 is 5.97 Å². The molecule has 0 aromatic heterocycles. The molecule has 5 heteroatoms. The summed E-state index contributed by atoms with van der Waals surface area (Å²) in [5.74, 6) is -0.439. The summed E-state index contributed by atoms with van der Waals surface area (Å²) >= 11 is 0. The molecule has 0 radical (unpaired) electrons. The summed E-state index contributed by atoms with van der Waals surface area (Å²) in [6.07, 6.45) is 0.736. The van der Waals surface area contributed by atoms with Crippen LogP contribution in [-0.4, -0.2) is 35.9 Å². The highest BCUT2D eigenvalue weighted by Gasteiger charge is 1.99. The van der Waals surface area contributed by atoms with Crippen molar-refractivity contribution in [2.45, 2.75) is 13.0 Å². The van der Waals surface area contributed by atoms with Crippen LogP contribution in [0.4, 0.5) is 0 Å². The lowest BCUT2D eigenvalue weighted by Gasteiger charge is -2.06. The molecule has 17 heavy (non-hydrogen) atoms. The standard InChI is InChI=1S/C12H17NO4/c14-7-1-6-13-8-10-2-4-11(5-3-10)17-9-12(15)16/h2-5,13-14H,1,6-9H2,(H,15,16). The van der Waals surface area contributed by atoms with Gasteiger partial charge in [-0.1, -0.05) is 12.1 Å². The number of aliphatic hydroxyl groups is 1. The van der Waals surface area contributed by atoms with E-state index in [9.17, 15) is 4.79 Å². The number of nitrogens with one attached hydrogen (secondary N) is 1. The van der Waals surface area contributed by atoms with Crippen molar-refractivity contribution in [2.75, 3.05) is 19.8 Å². The number of rotatable bonds is 8. The summed E-state index contributed by atoms with van der Waals surface area (Å²) < 4.78 is 5.01. The molecule has 1 aromatic carbocycles. The third kappa shape index (κ3) is 5.89. The van der Waals surface area contributed by atoms with Gasteiger partial charge in [-0.05, 0) is 30.7 Å². The van der Waals surface area contributed by atoms with Crippen LogP contribution in [0, 0.1) is 0 Å². The van der Waals surface area contributed by atoms with Gasteiger partial charge in [-0.15, -0.1) is 0 Å². The molecule has 0 fully saturated rings. The number of carboxylic acid groups (broad SMARTS) is 1. The molecule has 1 aromatic rings. The number of aliphatic hydroxyl groups excluding tert-OH is 1. The Morgan fingerprint density at radius 3 is 2.59 bits per heavy atom. The zero-order valence-corrected chi connectivity index (χ0v) is 9.56. The fourth-order valence-electron chi connectivity index (χ4n) is 1.29. The average molecular weight is 239 g/mol. The van der Waals surface area contributed by atoms with Gasteiger partial charge in [0, 0.05) is 13.2 Å². The van der Waals surface area contributed by atoms with E-state index in [-0.39, 0.29) is 13.2 Å². The third-order valence-corrected chi connectivity index (χ3v) is 2.13. The van der Waals surface area contributed by atoms with Crippen LogP contribution >= 0.6 is 0 Å². The number of ether oxygens (including phenoxy) is 1. The molecule has 94 valence electrons. The molecule has 5 nitrogen and oxygen atoms in total. The number of benzene rings is 1. The lowest BCUT2D eigenvalue weighted by Crippen LogP contribution is -2.15. The quantitative estimate of drug-likeness (QED) is 0.580. The van der Waals surface area contributed by atoms with Crippen LogP contribution in [0.3, 0.4) is 0 Å². The molecule has 0 aliphatic carbocycles. The monoisotopic (exact) mass is 239 g/mol. The van der Waals surface area contributed by atoms with E-state index in [1.165, 1.54) is 0 Å². The fourth-order valence-corrected chi connectivity index (χ4v) is 1.29. The molecule has 0 bridgehead atoms. The lowest BCUT2D eigenvalue weighted by molar-refractivity contribution is -0.139. The molecule has 1 rings (SSSR count). The number of carboxylic acids is 1. The maximum Gasteiger partial charge on any atom is 0.341 e. The molecule has 0 unspecified atom stereocenters. The first-order valence-electron chi connectivity index (χ1n) is 5.47. The molecule has 0 aliphatic rings. The number of hydrogen-bond donors (Lipinski definition) is 3. The number of aliphatic carboxylic acids is 1. The van der Waals surface area contributed by atoms with Crippen LogP contribution < -0.4 is 10.1 Å². The van der Waals surface area contributed by atoms with Crippen molar-refractivity contribution in [3.63, 3.8) is 0 Å². The molecule has 3 N–H and O–H groups in total. The Morgan fingerprint density at radius 1 is 1.29 bits per heavy atom. The van der Waals surface area contributed by atoms with E-state index in [0.717, 1.165) is 25.1 Å². The molecule has 0 aliphatic heterocycles. The maximum atomic E-state index is 10.3. The summed E-state index contributed by atoms with van der Waals surface area (Å²) in [4.78, 5) is 10.3. The van der Waals surface area contributed by atoms with E-state index in [1.54, 1.807) is 12.1 Å². The molecule has 0 heterocycles. The maximum absolute atomic E-state index is 10.3. The zero-order valence-electron chi connectivity index (χ0n) is 9.56. The highest BCUT2D eigenvalue weighted by atomic mass is 16.5. The van der Waals surface area contributed by atoms with Crippen LogP contribution in [0.5, 0.6) is 5.75 Å². The van der Waals surface area contributed by atoms with Crippen molar-refractivity contribution in [1.29, 1.82) is 0 Å². The fraction of sp³-hybridized carbons (Fsp3) is 0.417. The van der Waals surface area contributed by atoms with Gasteiger partial charge in [-0.3, -0.25) is 0 Å². The van der Waals surface area contributed by atoms with Crippen LogP contribution in [0.1, 0.15) is 12.0 Å². The smallest absolute Gasteiger partial charge is 0.341 e. The largest absolute Gasteiger partial charge is 0.482 e. The highest BCUT2D eigenvalue weighted by molar-refractivity contribution is 5.68. The third-order valence-electron chi connectivity index (χ3n) is 2.13. The first-order chi connectivity index (χ1) is 8.22. The van der Waals surface area contributed by atoms with Crippen molar-refractivity contribution in [2.24, 2.45) is 0 Å². The van der Waals surface area contributed by atoms with E-state index in [1.807, 2.05) is 12.1 Å². The van der Waals surface area contributed by atoms with Gasteiger partial charge in [0.15, 0.2) is 6.61 Å². The SMILES string of the molecule is O=C(O)COc1ccc(CNCCCO)cc1. The number of carbonyl (C=O) groups is 1. The summed E-state index contributed by atoms with van der Waals surface area (Å²) in [5, 5.41) is 20.2. The van der Waals surface area contributed by atoms with Crippen molar-refractivity contribution in [1.82, 2.24) is 5.32 Å². The Hall–Kier alpha value is -1.59. The molecule has 0 amide bonds. The Bertz CT molecular complexity index is 337. The predicted octanol–water partition coefficient (Wildman–Crippen LogP) is 0.622. The van der Waals surface area contributed by atoms with E-state index in [4.69, 9.17) is 14.9 Å². The first kappa shape index (κ1) is 13.5. The molecule has 0 saturated heterocycles. The van der Waals surface area contributed by atoms with Crippen molar-refractivity contribution in [3.05, 3.63) is 29.8 Å². The van der Waals surface area contributed by atoms with Gasteiger partial charge in [0.25, 0.3) is 0 Å². The van der Waals surface area contributed by atoms with Gasteiger partial charge >= 0.3 is 5.97 Å². The topological polar surface area (TPSA) is 78.8 Å². The molecule has 0 saturated carbocycles. The minimum absolute atomic E-state index is 0.189. The molecular formula is C12H17NO4. The van der Waals surface area contributed by atoms with Crippen molar-refractivity contribution >= 4 is 5.97 Å². The highest BCUT2D eigenvalue weighted by Crippen LogP contribution is 2.11. The lowest BCUT2D eigenvalue weighted by atomic mass is 10.2. The Labute approximate surface area is 100 Å². The van der Waals surface area contributed by atoms with Crippen molar-refractivity contribution < 1.29 is 19.7 Å². The predicted molar refractivity (Wildman–Crippen MR) is 63.0 cm³/mol. The number of hydrogen-bond acceptors (Lipinski definition) is 4. The minimum atomic E-state index is -0.986. The van der Waals surface area contributed by atoms with E-state index >= 15 is 0 Å². The molecule has 0 atom stereocenters. The van der Waals surface area contributed by atoms with E-state index in [0.29, 0.717) is 5.75 Å². The summed E-state index contributed by atoms with van der Waals surface area (Å²) in [7, 11) is 0. The second-order valence-electron chi connectivity index (χ2n) is 3.58. The van der Waals surface area contributed by atoms with Crippen LogP contribution in [0.25, 0.3) is 0 Å². The van der Waals surface area contributed by atoms with Gasteiger partial charge in [0.1, 0.15) is 5.75 Å². The molecule has 0 spiro atoms. The second-order valence-corrected chi connectivity index (χ2v) is 3.58. The van der Waals surface area contributed by atoms with Crippen molar-refractivity contribution in [3.8, 4) is 5.75 Å². The van der Waals surface area contributed by atoms with E-state index in [2.05, 4.69) is 5.32 Å². The first-order valence-corrected chi connectivity index (χ1v) is 5.47. The normalized spacial score (nSPS) is 10.2. The average Bonchev–Trinajstić information content (AvgIpc) is 2.33. The zero-order chi connectivity index (χ0) is 12.5. The van der Waals surface area contributed by atoms with Crippen LogP contribution in [-0.2, 0) is 11.3 Å². The van der Waals surface area contributed by atoms with Gasteiger partial charge in [-0.25, -0.2) is 4.79 Å². The Balaban J connectivity index is 2.31. The van der Waals surface area contributed by atoms with Gasteiger partial charge < -0.3 is 20.3 Å². The Kier molecular flexibility index (Phi) is 6.06. The van der Waals surface area contributed by atoms with Crippen LogP contribution in [0.15, 0.2) is 24.3 Å². The summed E-state index contributed by atoms with van der Waals surface area (Å²) in [6.45, 7) is 1.36. The second kappa shape index (κ2) is 7.65.